The average Bonchev–Trinajstić information content (AvgIpc) is 2.85. The van der Waals surface area contributed by atoms with Gasteiger partial charge in [-0.3, -0.25) is 0 Å². The topological polar surface area (TPSA) is 18.5 Å². The quantitative estimate of drug-likeness (QED) is 0.265. The molecule has 0 saturated carbocycles. The molecule has 0 radical (unpaired) electrons. The Balaban J connectivity index is 1.46. The highest BCUT2D eigenvalue weighted by Crippen LogP contribution is 2.32. The van der Waals surface area contributed by atoms with Crippen molar-refractivity contribution < 1.29 is 22.6 Å². The Morgan fingerprint density at radius 2 is 1.26 bits per heavy atom. The van der Waals surface area contributed by atoms with Crippen LogP contribution in [0.15, 0.2) is 78.9 Å². The van der Waals surface area contributed by atoms with Gasteiger partial charge in [0.1, 0.15) is 18.2 Å². The smallest absolute Gasteiger partial charge is 0.167 e. The van der Waals surface area contributed by atoms with E-state index >= 15 is 0 Å². The van der Waals surface area contributed by atoms with Crippen LogP contribution in [0.5, 0.6) is 5.75 Å². The van der Waals surface area contributed by atoms with Crippen molar-refractivity contribution in [2.75, 3.05) is 6.61 Å². The summed E-state index contributed by atoms with van der Waals surface area (Å²) in [7, 11) is 0. The maximum atomic E-state index is 14.9. The Hall–Kier alpha value is -3.57. The lowest BCUT2D eigenvalue weighted by Crippen LogP contribution is -2.00. The highest BCUT2D eigenvalue weighted by molar-refractivity contribution is 5.72. The predicted molar refractivity (Wildman–Crippen MR) is 128 cm³/mol. The van der Waals surface area contributed by atoms with Crippen molar-refractivity contribution in [3.63, 3.8) is 0 Å². The lowest BCUT2D eigenvalue weighted by Gasteiger charge is -2.11. The largest absolute Gasteiger partial charge is 0.489 e. The molecule has 2 nitrogen and oxygen atoms in total. The van der Waals surface area contributed by atoms with Gasteiger partial charge in [0.05, 0.1) is 6.61 Å². The summed E-state index contributed by atoms with van der Waals surface area (Å²) in [6.07, 6.45) is 0. The van der Waals surface area contributed by atoms with Crippen LogP contribution in [0.3, 0.4) is 0 Å². The van der Waals surface area contributed by atoms with Crippen LogP contribution in [0, 0.1) is 24.4 Å². The molecule has 0 N–H and O–H groups in total. The van der Waals surface area contributed by atoms with Gasteiger partial charge >= 0.3 is 0 Å². The summed E-state index contributed by atoms with van der Waals surface area (Å²) in [5.41, 5.74) is 3.75. The summed E-state index contributed by atoms with van der Waals surface area (Å²) >= 11 is 0. The predicted octanol–water partition coefficient (Wildman–Crippen LogP) is 7.86. The summed E-state index contributed by atoms with van der Waals surface area (Å²) < 4.78 is 55.0. The molecule has 0 aliphatic heterocycles. The molecule has 4 rings (SSSR count). The van der Waals surface area contributed by atoms with Crippen molar-refractivity contribution in [2.45, 2.75) is 27.1 Å². The molecule has 0 unspecified atom stereocenters. The third kappa shape index (κ3) is 5.32. The van der Waals surface area contributed by atoms with Crippen molar-refractivity contribution in [1.29, 1.82) is 0 Å². The van der Waals surface area contributed by atoms with Crippen molar-refractivity contribution in [3.8, 4) is 28.0 Å². The van der Waals surface area contributed by atoms with E-state index in [-0.39, 0.29) is 23.6 Å². The molecule has 4 aromatic rings. The first kappa shape index (κ1) is 23.6. The summed E-state index contributed by atoms with van der Waals surface area (Å²) in [6, 6.07) is 22.0. The highest BCUT2D eigenvalue weighted by atomic mass is 19.2. The van der Waals surface area contributed by atoms with E-state index < -0.39 is 11.6 Å². The van der Waals surface area contributed by atoms with Gasteiger partial charge in [-0.05, 0) is 48.7 Å². The van der Waals surface area contributed by atoms with Crippen LogP contribution in [-0.2, 0) is 18.0 Å². The molecule has 0 amide bonds. The Morgan fingerprint density at radius 1 is 0.676 bits per heavy atom. The van der Waals surface area contributed by atoms with Crippen molar-refractivity contribution in [3.05, 3.63) is 113 Å². The summed E-state index contributed by atoms with van der Waals surface area (Å²) in [5, 5.41) is 0. The number of rotatable bonds is 8. The second-order valence-corrected chi connectivity index (χ2v) is 8.03. The number of halogens is 3. The van der Waals surface area contributed by atoms with E-state index in [9.17, 15) is 13.2 Å². The van der Waals surface area contributed by atoms with E-state index in [1.807, 2.05) is 26.0 Å². The molecule has 0 saturated heterocycles. The second-order valence-electron chi connectivity index (χ2n) is 8.03. The van der Waals surface area contributed by atoms with Crippen LogP contribution < -0.4 is 4.74 Å². The molecule has 0 aliphatic rings. The van der Waals surface area contributed by atoms with Gasteiger partial charge in [-0.2, -0.15) is 0 Å². The van der Waals surface area contributed by atoms with Crippen LogP contribution in [-0.4, -0.2) is 6.61 Å². The number of hydrogen-bond donors (Lipinski definition) is 0. The van der Waals surface area contributed by atoms with Crippen molar-refractivity contribution in [2.24, 2.45) is 0 Å². The fourth-order valence-corrected chi connectivity index (χ4v) is 3.64. The zero-order valence-corrected chi connectivity index (χ0v) is 19.1. The number of aryl methyl sites for hydroxylation is 1. The molecule has 0 bridgehead atoms. The van der Waals surface area contributed by atoms with Crippen LogP contribution in [0.2, 0.25) is 0 Å². The molecule has 5 heteroatoms. The first-order valence-corrected chi connectivity index (χ1v) is 11.1. The minimum atomic E-state index is -0.902. The molecular weight excluding hydrogens is 437 g/mol. The fraction of sp³-hybridized carbons (Fsp3) is 0.172. The Bertz CT molecular complexity index is 1270. The SMILES string of the molecule is CCOCc1ccc(COc2ccc(-c3ccc(-c4ccc(C)cc4)c(F)c3F)cc2)c(F)c1. The minimum absolute atomic E-state index is 0.0499. The van der Waals surface area contributed by atoms with Crippen LogP contribution in [0.4, 0.5) is 13.2 Å². The molecule has 4 aromatic carbocycles. The van der Waals surface area contributed by atoms with Crippen LogP contribution in [0.25, 0.3) is 22.3 Å². The van der Waals surface area contributed by atoms with Gasteiger partial charge in [-0.1, -0.05) is 66.2 Å². The third-order valence-corrected chi connectivity index (χ3v) is 5.59. The van der Waals surface area contributed by atoms with Gasteiger partial charge in [0.2, 0.25) is 0 Å². The van der Waals surface area contributed by atoms with Gasteiger partial charge in [-0.15, -0.1) is 0 Å². The number of benzene rings is 4. The zero-order valence-electron chi connectivity index (χ0n) is 19.1. The van der Waals surface area contributed by atoms with E-state index in [2.05, 4.69) is 0 Å². The fourth-order valence-electron chi connectivity index (χ4n) is 3.64. The molecule has 0 heterocycles. The van der Waals surface area contributed by atoms with E-state index in [4.69, 9.17) is 9.47 Å². The Morgan fingerprint density at radius 3 is 1.82 bits per heavy atom. The normalized spacial score (nSPS) is 11.0. The van der Waals surface area contributed by atoms with Gasteiger partial charge in [-0.25, -0.2) is 13.2 Å². The van der Waals surface area contributed by atoms with E-state index in [0.717, 1.165) is 11.1 Å². The first-order chi connectivity index (χ1) is 16.5. The van der Waals surface area contributed by atoms with Crippen molar-refractivity contribution in [1.82, 2.24) is 0 Å². The van der Waals surface area contributed by atoms with Crippen LogP contribution >= 0.6 is 0 Å². The monoisotopic (exact) mass is 462 g/mol. The summed E-state index contributed by atoms with van der Waals surface area (Å²) in [6.45, 7) is 4.80. The zero-order chi connectivity index (χ0) is 24.1. The van der Waals surface area contributed by atoms with Gasteiger partial charge in [0, 0.05) is 23.3 Å². The average molecular weight is 463 g/mol. The number of hydrogen-bond acceptors (Lipinski definition) is 2. The molecular formula is C29H25F3O2. The van der Waals surface area contributed by atoms with Gasteiger partial charge < -0.3 is 9.47 Å². The summed E-state index contributed by atoms with van der Waals surface area (Å²) in [5.74, 6) is -1.65. The molecule has 0 atom stereocenters. The molecule has 0 fully saturated rings. The molecule has 0 aliphatic carbocycles. The van der Waals surface area contributed by atoms with Crippen molar-refractivity contribution >= 4 is 0 Å². The Labute approximate surface area is 197 Å². The standard InChI is InChI=1S/C29H25F3O2/c1-3-33-17-20-6-9-23(27(30)16-20)18-34-24-12-10-22(11-13-24)26-15-14-25(28(31)29(26)32)21-7-4-19(2)5-8-21/h4-16H,3,17-18H2,1-2H3. The highest BCUT2D eigenvalue weighted by Gasteiger charge is 2.16. The van der Waals surface area contributed by atoms with Crippen LogP contribution in [0.1, 0.15) is 23.6 Å². The van der Waals surface area contributed by atoms with E-state index in [1.54, 1.807) is 60.7 Å². The minimum Gasteiger partial charge on any atom is -0.489 e. The lowest BCUT2D eigenvalue weighted by atomic mass is 9.98. The Kier molecular flexibility index (Phi) is 7.33. The first-order valence-electron chi connectivity index (χ1n) is 11.1. The molecule has 0 spiro atoms. The van der Waals surface area contributed by atoms with Gasteiger partial charge in [0.25, 0.3) is 0 Å². The van der Waals surface area contributed by atoms with E-state index in [1.165, 1.54) is 6.07 Å². The van der Waals surface area contributed by atoms with Gasteiger partial charge in [0.15, 0.2) is 11.6 Å². The summed E-state index contributed by atoms with van der Waals surface area (Å²) in [4.78, 5) is 0. The second kappa shape index (κ2) is 10.6. The maximum Gasteiger partial charge on any atom is 0.167 e. The maximum absolute atomic E-state index is 14.9. The molecule has 0 aromatic heterocycles. The van der Waals surface area contributed by atoms with E-state index in [0.29, 0.717) is 35.7 Å². The lowest BCUT2D eigenvalue weighted by molar-refractivity contribution is 0.134. The number of ether oxygens (including phenoxy) is 2. The third-order valence-electron chi connectivity index (χ3n) is 5.59. The molecule has 174 valence electrons. The molecule has 34 heavy (non-hydrogen) atoms.